The molecule has 2 aromatic rings. The average molecular weight is 357 g/mol. The van der Waals surface area contributed by atoms with E-state index in [4.69, 9.17) is 4.74 Å². The molecule has 0 spiro atoms. The van der Waals surface area contributed by atoms with Crippen molar-refractivity contribution in [1.29, 1.82) is 0 Å². The molecule has 1 saturated heterocycles. The molecule has 1 amide bonds. The van der Waals surface area contributed by atoms with Gasteiger partial charge in [-0.25, -0.2) is 0 Å². The molecule has 1 fully saturated rings. The zero-order valence-electron chi connectivity index (χ0n) is 15.8. The number of aromatic nitrogens is 2. The van der Waals surface area contributed by atoms with E-state index in [1.54, 1.807) is 36.0 Å². The van der Waals surface area contributed by atoms with E-state index in [0.717, 1.165) is 24.2 Å². The number of hydrogen-bond acceptors (Lipinski definition) is 4. The van der Waals surface area contributed by atoms with Gasteiger partial charge < -0.3 is 14.7 Å². The number of rotatable bonds is 5. The summed E-state index contributed by atoms with van der Waals surface area (Å²) in [5, 5.41) is 15.5. The highest BCUT2D eigenvalue weighted by atomic mass is 16.5. The van der Waals surface area contributed by atoms with Gasteiger partial charge in [0.1, 0.15) is 11.4 Å². The number of methoxy groups -OCH3 is 1. The summed E-state index contributed by atoms with van der Waals surface area (Å²) in [6, 6.07) is 7.31. The SMILES string of the molecule is COc1ccc([C@@](C)(O)[C@@H]2CCCN2C(=O)c2cnn(C(C)C)c2)cc1. The van der Waals surface area contributed by atoms with Crippen molar-refractivity contribution in [3.63, 3.8) is 0 Å². The molecular formula is C20H27N3O3. The Hall–Kier alpha value is -2.34. The first kappa shape index (κ1) is 18.5. The van der Waals surface area contributed by atoms with Crippen LogP contribution in [-0.2, 0) is 5.60 Å². The molecule has 1 aromatic heterocycles. The second-order valence-electron chi connectivity index (χ2n) is 7.34. The predicted molar refractivity (Wildman–Crippen MR) is 99.2 cm³/mol. The quantitative estimate of drug-likeness (QED) is 0.893. The van der Waals surface area contributed by atoms with Gasteiger partial charge in [0.25, 0.3) is 5.91 Å². The standard InChI is InChI=1S/C20H27N3O3/c1-14(2)23-13-15(12-21-23)19(24)22-11-5-6-18(22)20(3,25)16-7-9-17(26-4)10-8-16/h7-10,12-14,18,25H,5-6,11H2,1-4H3/t18-,20+/m0/s1. The molecular weight excluding hydrogens is 330 g/mol. The molecule has 6 nitrogen and oxygen atoms in total. The molecule has 1 N–H and O–H groups in total. The number of amides is 1. The van der Waals surface area contributed by atoms with Gasteiger partial charge in [0.05, 0.1) is 24.9 Å². The van der Waals surface area contributed by atoms with Crippen LogP contribution in [0.3, 0.4) is 0 Å². The van der Waals surface area contributed by atoms with Gasteiger partial charge >= 0.3 is 0 Å². The van der Waals surface area contributed by atoms with Crippen LogP contribution < -0.4 is 4.74 Å². The van der Waals surface area contributed by atoms with Gasteiger partial charge in [0, 0.05) is 18.8 Å². The number of carbonyl (C=O) groups excluding carboxylic acids is 1. The van der Waals surface area contributed by atoms with E-state index in [2.05, 4.69) is 5.10 Å². The third kappa shape index (κ3) is 3.33. The Morgan fingerprint density at radius 1 is 1.35 bits per heavy atom. The molecule has 26 heavy (non-hydrogen) atoms. The zero-order chi connectivity index (χ0) is 18.9. The van der Waals surface area contributed by atoms with Gasteiger partial charge in [-0.15, -0.1) is 0 Å². The van der Waals surface area contributed by atoms with Gasteiger partial charge in [-0.2, -0.15) is 5.10 Å². The van der Waals surface area contributed by atoms with Crippen molar-refractivity contribution in [2.24, 2.45) is 0 Å². The highest BCUT2D eigenvalue weighted by Crippen LogP contribution is 2.36. The number of carbonyl (C=O) groups is 1. The van der Waals surface area contributed by atoms with E-state index in [-0.39, 0.29) is 18.0 Å². The summed E-state index contributed by atoms with van der Waals surface area (Å²) in [4.78, 5) is 14.8. The molecule has 1 aliphatic rings. The van der Waals surface area contributed by atoms with Crippen LogP contribution >= 0.6 is 0 Å². The van der Waals surface area contributed by atoms with Crippen LogP contribution in [0.5, 0.6) is 5.75 Å². The highest BCUT2D eigenvalue weighted by molar-refractivity contribution is 5.94. The van der Waals surface area contributed by atoms with Crippen molar-refractivity contribution in [3.05, 3.63) is 47.8 Å². The van der Waals surface area contributed by atoms with Crippen molar-refractivity contribution < 1.29 is 14.6 Å². The summed E-state index contributed by atoms with van der Waals surface area (Å²) in [7, 11) is 1.61. The minimum atomic E-state index is -1.13. The van der Waals surface area contributed by atoms with Crippen molar-refractivity contribution in [3.8, 4) is 5.75 Å². The molecule has 1 aromatic carbocycles. The molecule has 0 saturated carbocycles. The molecule has 0 bridgehead atoms. The molecule has 2 heterocycles. The molecule has 140 valence electrons. The minimum Gasteiger partial charge on any atom is -0.497 e. The summed E-state index contributed by atoms with van der Waals surface area (Å²) >= 11 is 0. The number of nitrogens with zero attached hydrogens (tertiary/aromatic N) is 3. The number of benzene rings is 1. The van der Waals surface area contributed by atoms with Gasteiger partial charge in [0.2, 0.25) is 0 Å². The van der Waals surface area contributed by atoms with E-state index in [1.165, 1.54) is 0 Å². The van der Waals surface area contributed by atoms with Crippen LogP contribution in [0.1, 0.15) is 55.6 Å². The van der Waals surface area contributed by atoms with E-state index in [9.17, 15) is 9.90 Å². The first-order valence-corrected chi connectivity index (χ1v) is 9.06. The number of ether oxygens (including phenoxy) is 1. The van der Waals surface area contributed by atoms with E-state index >= 15 is 0 Å². The summed E-state index contributed by atoms with van der Waals surface area (Å²) < 4.78 is 6.97. The lowest BCUT2D eigenvalue weighted by molar-refractivity contribution is -0.0177. The monoisotopic (exact) mass is 357 g/mol. The summed E-state index contributed by atoms with van der Waals surface area (Å²) in [6.45, 7) is 6.47. The minimum absolute atomic E-state index is 0.0758. The molecule has 0 unspecified atom stereocenters. The van der Waals surface area contributed by atoms with Crippen LogP contribution in [0.4, 0.5) is 0 Å². The summed E-state index contributed by atoms with van der Waals surface area (Å²) in [6.07, 6.45) is 5.04. The summed E-state index contributed by atoms with van der Waals surface area (Å²) in [5.41, 5.74) is 0.212. The smallest absolute Gasteiger partial charge is 0.257 e. The maximum Gasteiger partial charge on any atom is 0.257 e. The Morgan fingerprint density at radius 2 is 2.04 bits per heavy atom. The van der Waals surface area contributed by atoms with Crippen LogP contribution in [-0.4, -0.2) is 45.4 Å². The largest absolute Gasteiger partial charge is 0.497 e. The first-order valence-electron chi connectivity index (χ1n) is 9.06. The van der Waals surface area contributed by atoms with Crippen molar-refractivity contribution >= 4 is 5.91 Å². The molecule has 0 radical (unpaired) electrons. The number of hydrogen-bond donors (Lipinski definition) is 1. The fraction of sp³-hybridized carbons (Fsp3) is 0.500. The van der Waals surface area contributed by atoms with E-state index < -0.39 is 5.60 Å². The number of likely N-dealkylation sites (tertiary alicyclic amines) is 1. The normalized spacial score (nSPS) is 19.6. The van der Waals surface area contributed by atoms with Gasteiger partial charge in [-0.3, -0.25) is 9.48 Å². The van der Waals surface area contributed by atoms with Crippen molar-refractivity contribution in [2.75, 3.05) is 13.7 Å². The van der Waals surface area contributed by atoms with Crippen molar-refractivity contribution in [2.45, 2.75) is 51.3 Å². The molecule has 6 heteroatoms. The molecule has 1 aliphatic heterocycles. The second kappa shape index (κ2) is 7.11. The topological polar surface area (TPSA) is 67.6 Å². The van der Waals surface area contributed by atoms with Crippen LogP contribution in [0, 0.1) is 0 Å². The van der Waals surface area contributed by atoms with Crippen LogP contribution in [0.2, 0.25) is 0 Å². The Labute approximate surface area is 154 Å². The zero-order valence-corrected chi connectivity index (χ0v) is 15.8. The lowest BCUT2D eigenvalue weighted by Crippen LogP contribution is -2.48. The fourth-order valence-electron chi connectivity index (χ4n) is 3.61. The Bertz CT molecular complexity index is 765. The molecule has 3 rings (SSSR count). The van der Waals surface area contributed by atoms with Gasteiger partial charge in [-0.1, -0.05) is 12.1 Å². The van der Waals surface area contributed by atoms with Crippen molar-refractivity contribution in [1.82, 2.24) is 14.7 Å². The maximum atomic E-state index is 13.0. The average Bonchev–Trinajstić information content (AvgIpc) is 3.31. The first-order chi connectivity index (χ1) is 12.3. The van der Waals surface area contributed by atoms with E-state index in [0.29, 0.717) is 12.1 Å². The molecule has 0 aliphatic carbocycles. The second-order valence-corrected chi connectivity index (χ2v) is 7.34. The fourth-order valence-corrected chi connectivity index (χ4v) is 3.61. The number of aliphatic hydroxyl groups is 1. The van der Waals surface area contributed by atoms with Gasteiger partial charge in [-0.05, 0) is 51.3 Å². The lowest BCUT2D eigenvalue weighted by atomic mass is 9.86. The van der Waals surface area contributed by atoms with Gasteiger partial charge in [0.15, 0.2) is 0 Å². The Morgan fingerprint density at radius 3 is 2.62 bits per heavy atom. The summed E-state index contributed by atoms with van der Waals surface area (Å²) in [5.74, 6) is 0.665. The van der Waals surface area contributed by atoms with Crippen LogP contribution in [0.15, 0.2) is 36.7 Å². The van der Waals surface area contributed by atoms with E-state index in [1.807, 2.05) is 38.1 Å². The Kier molecular flexibility index (Phi) is 5.05. The lowest BCUT2D eigenvalue weighted by Gasteiger charge is -2.37. The third-order valence-corrected chi connectivity index (χ3v) is 5.21. The molecule has 2 atom stereocenters. The maximum absolute atomic E-state index is 13.0. The predicted octanol–water partition coefficient (Wildman–Crippen LogP) is 2.98. The highest BCUT2D eigenvalue weighted by Gasteiger charge is 2.43. The third-order valence-electron chi connectivity index (χ3n) is 5.21. The van der Waals surface area contributed by atoms with Crippen LogP contribution in [0.25, 0.3) is 0 Å². The Balaban J connectivity index is 1.84.